The molecule has 3 N–H and O–H groups in total. The van der Waals surface area contributed by atoms with Gasteiger partial charge in [-0.05, 0) is 31.0 Å². The summed E-state index contributed by atoms with van der Waals surface area (Å²) in [5, 5.41) is 3.02. The molecular formula is C18H30N2O. The third kappa shape index (κ3) is 7.16. The molecule has 0 saturated carbocycles. The lowest BCUT2D eigenvalue weighted by Crippen LogP contribution is -2.23. The third-order valence-electron chi connectivity index (χ3n) is 3.84. The molecular weight excluding hydrogens is 260 g/mol. The Balaban J connectivity index is 2.55. The quantitative estimate of drug-likeness (QED) is 0.471. The van der Waals surface area contributed by atoms with Gasteiger partial charge in [-0.2, -0.15) is 0 Å². The summed E-state index contributed by atoms with van der Waals surface area (Å²) >= 11 is 0. The fraction of sp³-hybridized carbons (Fsp3) is 0.611. The number of hydrogen-bond acceptors (Lipinski definition) is 2. The molecule has 3 nitrogen and oxygen atoms in total. The Morgan fingerprint density at radius 1 is 1.10 bits per heavy atom. The second-order valence-corrected chi connectivity index (χ2v) is 5.80. The molecule has 0 aliphatic heterocycles. The van der Waals surface area contributed by atoms with Gasteiger partial charge in [0.15, 0.2) is 0 Å². The number of hydrogen-bond donors (Lipinski definition) is 2. The molecule has 21 heavy (non-hydrogen) atoms. The van der Waals surface area contributed by atoms with Gasteiger partial charge in [0.05, 0.1) is 0 Å². The van der Waals surface area contributed by atoms with Crippen LogP contribution in [0.5, 0.6) is 0 Å². The average molecular weight is 290 g/mol. The first-order chi connectivity index (χ1) is 10.2. The lowest BCUT2D eigenvalue weighted by molar-refractivity contribution is -0.120. The van der Waals surface area contributed by atoms with Crippen molar-refractivity contribution in [2.24, 2.45) is 5.92 Å². The number of nitrogen functional groups attached to an aromatic ring is 1. The van der Waals surface area contributed by atoms with Crippen LogP contribution in [-0.2, 0) is 4.79 Å². The smallest absolute Gasteiger partial charge is 0.227 e. The molecule has 0 spiro atoms. The largest absolute Gasteiger partial charge is 0.399 e. The Hall–Kier alpha value is -1.51. The van der Waals surface area contributed by atoms with E-state index in [0.29, 0.717) is 5.69 Å². The van der Waals surface area contributed by atoms with Gasteiger partial charge >= 0.3 is 0 Å². The van der Waals surface area contributed by atoms with E-state index in [-0.39, 0.29) is 11.8 Å². The maximum absolute atomic E-state index is 12.5. The first kappa shape index (κ1) is 17.5. The number of anilines is 2. The van der Waals surface area contributed by atoms with Crippen LogP contribution < -0.4 is 11.1 Å². The van der Waals surface area contributed by atoms with Gasteiger partial charge in [-0.3, -0.25) is 4.79 Å². The van der Waals surface area contributed by atoms with Crippen LogP contribution in [0.1, 0.15) is 65.2 Å². The van der Waals surface area contributed by atoms with E-state index in [2.05, 4.69) is 19.2 Å². The van der Waals surface area contributed by atoms with Gasteiger partial charge in [0.1, 0.15) is 0 Å². The van der Waals surface area contributed by atoms with Crippen molar-refractivity contribution >= 4 is 17.3 Å². The highest BCUT2D eigenvalue weighted by Gasteiger charge is 2.17. The summed E-state index contributed by atoms with van der Waals surface area (Å²) in [6, 6.07) is 7.40. The van der Waals surface area contributed by atoms with E-state index < -0.39 is 0 Å². The fourth-order valence-electron chi connectivity index (χ4n) is 2.55. The molecule has 0 aliphatic carbocycles. The summed E-state index contributed by atoms with van der Waals surface area (Å²) in [6.45, 7) is 4.39. The zero-order valence-corrected chi connectivity index (χ0v) is 13.5. The van der Waals surface area contributed by atoms with E-state index in [4.69, 9.17) is 5.73 Å². The number of nitrogens with two attached hydrogens (primary N) is 1. The van der Waals surface area contributed by atoms with Crippen molar-refractivity contribution in [2.75, 3.05) is 11.1 Å². The summed E-state index contributed by atoms with van der Waals surface area (Å²) in [6.07, 6.45) is 9.05. The summed E-state index contributed by atoms with van der Waals surface area (Å²) in [5.74, 6) is 0.275. The first-order valence-electron chi connectivity index (χ1n) is 8.33. The van der Waals surface area contributed by atoms with Gasteiger partial charge in [-0.1, -0.05) is 58.4 Å². The first-order valence-corrected chi connectivity index (χ1v) is 8.33. The van der Waals surface area contributed by atoms with Crippen molar-refractivity contribution in [3.8, 4) is 0 Å². The van der Waals surface area contributed by atoms with Crippen molar-refractivity contribution in [1.29, 1.82) is 0 Å². The van der Waals surface area contributed by atoms with Crippen LogP contribution in [0, 0.1) is 5.92 Å². The molecule has 0 heterocycles. The second kappa shape index (κ2) is 10.3. The minimum atomic E-state index is 0.129. The van der Waals surface area contributed by atoms with E-state index in [1.54, 1.807) is 0 Å². The maximum Gasteiger partial charge on any atom is 0.227 e. The van der Waals surface area contributed by atoms with Crippen LogP contribution in [0.3, 0.4) is 0 Å². The van der Waals surface area contributed by atoms with Crippen molar-refractivity contribution < 1.29 is 4.79 Å². The van der Waals surface area contributed by atoms with Crippen LogP contribution in [0.15, 0.2) is 24.3 Å². The number of nitrogens with one attached hydrogen (secondary N) is 1. The third-order valence-corrected chi connectivity index (χ3v) is 3.84. The normalized spacial score (nSPS) is 10.8. The van der Waals surface area contributed by atoms with Crippen molar-refractivity contribution in [3.05, 3.63) is 24.3 Å². The zero-order valence-electron chi connectivity index (χ0n) is 13.5. The number of rotatable bonds is 10. The fourth-order valence-corrected chi connectivity index (χ4v) is 2.55. The number of amides is 1. The van der Waals surface area contributed by atoms with Crippen LogP contribution in [0.4, 0.5) is 11.4 Å². The lowest BCUT2D eigenvalue weighted by atomic mass is 9.94. The predicted octanol–water partition coefficient (Wildman–Crippen LogP) is 4.98. The molecule has 0 aliphatic rings. The van der Waals surface area contributed by atoms with Gasteiger partial charge in [0.2, 0.25) is 5.91 Å². The molecule has 3 heteroatoms. The maximum atomic E-state index is 12.5. The van der Waals surface area contributed by atoms with Crippen molar-refractivity contribution in [2.45, 2.75) is 65.2 Å². The minimum absolute atomic E-state index is 0.129. The Morgan fingerprint density at radius 3 is 2.24 bits per heavy atom. The summed E-state index contributed by atoms with van der Waals surface area (Å²) in [4.78, 5) is 12.5. The lowest BCUT2D eigenvalue weighted by Gasteiger charge is -2.17. The molecule has 1 aromatic carbocycles. The summed E-state index contributed by atoms with van der Waals surface area (Å²) in [5.41, 5.74) is 7.24. The Kier molecular flexibility index (Phi) is 8.56. The zero-order chi connectivity index (χ0) is 15.5. The van der Waals surface area contributed by atoms with Crippen LogP contribution in [-0.4, -0.2) is 5.91 Å². The summed E-state index contributed by atoms with van der Waals surface area (Å²) < 4.78 is 0. The topological polar surface area (TPSA) is 55.1 Å². The number of unbranched alkanes of at least 4 members (excludes halogenated alkanes) is 4. The molecule has 1 rings (SSSR count). The molecule has 118 valence electrons. The molecule has 0 atom stereocenters. The molecule has 1 aromatic rings. The highest BCUT2D eigenvalue weighted by Crippen LogP contribution is 2.20. The highest BCUT2D eigenvalue weighted by atomic mass is 16.1. The van der Waals surface area contributed by atoms with Gasteiger partial charge in [-0.15, -0.1) is 0 Å². The molecule has 0 fully saturated rings. The van der Waals surface area contributed by atoms with Gasteiger partial charge in [-0.25, -0.2) is 0 Å². The Bertz CT molecular complexity index is 407. The SMILES string of the molecule is CCCCCC(CCCCC)C(=O)Nc1cccc(N)c1. The van der Waals surface area contributed by atoms with E-state index >= 15 is 0 Å². The highest BCUT2D eigenvalue weighted by molar-refractivity contribution is 5.92. The Labute approximate surface area is 129 Å². The predicted molar refractivity (Wildman–Crippen MR) is 91.3 cm³/mol. The molecule has 1 amide bonds. The second-order valence-electron chi connectivity index (χ2n) is 5.80. The van der Waals surface area contributed by atoms with Crippen LogP contribution in [0.2, 0.25) is 0 Å². The molecule has 0 bridgehead atoms. The van der Waals surface area contributed by atoms with Crippen LogP contribution >= 0.6 is 0 Å². The van der Waals surface area contributed by atoms with Gasteiger partial charge < -0.3 is 11.1 Å². The molecule has 0 saturated heterocycles. The van der Waals surface area contributed by atoms with Crippen molar-refractivity contribution in [1.82, 2.24) is 0 Å². The van der Waals surface area contributed by atoms with E-state index in [0.717, 1.165) is 31.4 Å². The monoisotopic (exact) mass is 290 g/mol. The molecule has 0 radical (unpaired) electrons. The van der Waals surface area contributed by atoms with Gasteiger partial charge in [0.25, 0.3) is 0 Å². The van der Waals surface area contributed by atoms with E-state index in [1.165, 1.54) is 25.7 Å². The average Bonchev–Trinajstić information content (AvgIpc) is 2.46. The minimum Gasteiger partial charge on any atom is -0.399 e. The Morgan fingerprint density at radius 2 is 1.71 bits per heavy atom. The number of benzene rings is 1. The standard InChI is InChI=1S/C18H30N2O/c1-3-5-7-10-15(11-8-6-4-2)18(21)20-17-13-9-12-16(19)14-17/h9,12-15H,3-8,10-11,19H2,1-2H3,(H,20,21). The van der Waals surface area contributed by atoms with Gasteiger partial charge in [0, 0.05) is 17.3 Å². The van der Waals surface area contributed by atoms with Crippen molar-refractivity contribution in [3.63, 3.8) is 0 Å². The molecule has 0 aromatic heterocycles. The van der Waals surface area contributed by atoms with Crippen LogP contribution in [0.25, 0.3) is 0 Å². The molecule has 0 unspecified atom stereocenters. The van der Waals surface area contributed by atoms with E-state index in [9.17, 15) is 4.79 Å². The number of carbonyl (C=O) groups excluding carboxylic acids is 1. The van der Waals surface area contributed by atoms with E-state index in [1.807, 2.05) is 24.3 Å². The summed E-state index contributed by atoms with van der Waals surface area (Å²) in [7, 11) is 0. The number of carbonyl (C=O) groups is 1.